The number of hydrogen-bond acceptors (Lipinski definition) is 2. The van der Waals surface area contributed by atoms with Crippen molar-refractivity contribution in [2.45, 2.75) is 39.5 Å². The SMILES string of the molecule is CC(C)CCCCCOc1cccc(C(=O)C=Cc2ccccc2)c1. The highest BCUT2D eigenvalue weighted by Gasteiger charge is 2.04. The minimum atomic E-state index is -0.00811. The summed E-state index contributed by atoms with van der Waals surface area (Å²) in [7, 11) is 0. The highest BCUT2D eigenvalue weighted by atomic mass is 16.5. The molecule has 0 bridgehead atoms. The van der Waals surface area contributed by atoms with Crippen molar-refractivity contribution in [2.75, 3.05) is 6.61 Å². The fourth-order valence-corrected chi connectivity index (χ4v) is 2.59. The Balaban J connectivity index is 1.81. The van der Waals surface area contributed by atoms with Crippen LogP contribution in [0.15, 0.2) is 60.7 Å². The molecular formula is C23H28O2. The Bertz CT molecular complexity index is 672. The molecule has 2 rings (SSSR count). The molecule has 0 amide bonds. The van der Waals surface area contributed by atoms with Crippen molar-refractivity contribution in [2.24, 2.45) is 5.92 Å². The van der Waals surface area contributed by atoms with Gasteiger partial charge in [0.2, 0.25) is 0 Å². The molecule has 0 saturated heterocycles. The zero-order valence-corrected chi connectivity index (χ0v) is 15.3. The summed E-state index contributed by atoms with van der Waals surface area (Å²) >= 11 is 0. The van der Waals surface area contributed by atoms with Gasteiger partial charge in [-0.3, -0.25) is 4.79 Å². The Morgan fingerprint density at radius 1 is 1.00 bits per heavy atom. The molecule has 0 fully saturated rings. The number of rotatable bonds is 10. The van der Waals surface area contributed by atoms with Gasteiger partial charge in [-0.25, -0.2) is 0 Å². The Labute approximate surface area is 151 Å². The van der Waals surface area contributed by atoms with Gasteiger partial charge in [0.15, 0.2) is 5.78 Å². The lowest BCUT2D eigenvalue weighted by molar-refractivity contribution is 0.104. The van der Waals surface area contributed by atoms with Gasteiger partial charge in [0, 0.05) is 5.56 Å². The van der Waals surface area contributed by atoms with Crippen LogP contribution in [0.4, 0.5) is 0 Å². The number of carbonyl (C=O) groups is 1. The van der Waals surface area contributed by atoms with Crippen LogP contribution < -0.4 is 4.74 Å². The van der Waals surface area contributed by atoms with Crippen LogP contribution >= 0.6 is 0 Å². The maximum atomic E-state index is 12.3. The summed E-state index contributed by atoms with van der Waals surface area (Å²) in [6, 6.07) is 17.3. The summed E-state index contributed by atoms with van der Waals surface area (Å²) in [5.74, 6) is 1.53. The van der Waals surface area contributed by atoms with E-state index in [1.54, 1.807) is 6.08 Å². The number of carbonyl (C=O) groups excluding carboxylic acids is 1. The normalized spacial score (nSPS) is 11.2. The molecule has 132 valence electrons. The van der Waals surface area contributed by atoms with Crippen molar-refractivity contribution < 1.29 is 9.53 Å². The average Bonchev–Trinajstić information content (AvgIpc) is 2.63. The fraction of sp³-hybridized carbons (Fsp3) is 0.348. The fourth-order valence-electron chi connectivity index (χ4n) is 2.59. The van der Waals surface area contributed by atoms with Gasteiger partial charge in [-0.05, 0) is 36.1 Å². The van der Waals surface area contributed by atoms with Crippen LogP contribution in [0, 0.1) is 5.92 Å². The van der Waals surface area contributed by atoms with E-state index in [1.165, 1.54) is 19.3 Å². The van der Waals surface area contributed by atoms with Gasteiger partial charge in [-0.1, -0.05) is 81.7 Å². The second-order valence-corrected chi connectivity index (χ2v) is 6.73. The first-order valence-electron chi connectivity index (χ1n) is 9.15. The summed E-state index contributed by atoms with van der Waals surface area (Å²) in [6.07, 6.45) is 8.22. The van der Waals surface area contributed by atoms with Crippen LogP contribution in [0.5, 0.6) is 5.75 Å². The first-order chi connectivity index (χ1) is 12.1. The van der Waals surface area contributed by atoms with E-state index in [0.29, 0.717) is 12.2 Å². The van der Waals surface area contributed by atoms with Crippen LogP contribution in [0.25, 0.3) is 6.08 Å². The Hall–Kier alpha value is -2.35. The van der Waals surface area contributed by atoms with E-state index < -0.39 is 0 Å². The van der Waals surface area contributed by atoms with Crippen LogP contribution in [-0.2, 0) is 0 Å². The van der Waals surface area contributed by atoms with Crippen molar-refractivity contribution in [3.8, 4) is 5.75 Å². The molecule has 2 heteroatoms. The van der Waals surface area contributed by atoms with E-state index in [4.69, 9.17) is 4.74 Å². The topological polar surface area (TPSA) is 26.3 Å². The van der Waals surface area contributed by atoms with E-state index in [9.17, 15) is 4.79 Å². The van der Waals surface area contributed by atoms with E-state index in [-0.39, 0.29) is 5.78 Å². The summed E-state index contributed by atoms with van der Waals surface area (Å²) in [5, 5.41) is 0. The van der Waals surface area contributed by atoms with Crippen molar-refractivity contribution in [1.82, 2.24) is 0 Å². The molecule has 0 aliphatic heterocycles. The predicted molar refractivity (Wildman–Crippen MR) is 105 cm³/mol. The van der Waals surface area contributed by atoms with Gasteiger partial charge in [-0.2, -0.15) is 0 Å². The number of hydrogen-bond donors (Lipinski definition) is 0. The number of benzene rings is 2. The minimum absolute atomic E-state index is 0.00811. The maximum Gasteiger partial charge on any atom is 0.185 e. The monoisotopic (exact) mass is 336 g/mol. The Morgan fingerprint density at radius 2 is 1.80 bits per heavy atom. The van der Waals surface area contributed by atoms with E-state index in [1.807, 2.05) is 60.7 Å². The molecule has 0 unspecified atom stereocenters. The van der Waals surface area contributed by atoms with Gasteiger partial charge in [0.25, 0.3) is 0 Å². The molecule has 0 heterocycles. The smallest absolute Gasteiger partial charge is 0.185 e. The lowest BCUT2D eigenvalue weighted by Crippen LogP contribution is -2.00. The second kappa shape index (κ2) is 10.5. The van der Waals surface area contributed by atoms with Crippen molar-refractivity contribution in [3.63, 3.8) is 0 Å². The van der Waals surface area contributed by atoms with E-state index in [2.05, 4.69) is 13.8 Å². The molecule has 25 heavy (non-hydrogen) atoms. The van der Waals surface area contributed by atoms with Gasteiger partial charge >= 0.3 is 0 Å². The highest BCUT2D eigenvalue weighted by Crippen LogP contribution is 2.16. The molecule has 2 aromatic carbocycles. The molecule has 0 atom stereocenters. The molecule has 0 saturated carbocycles. The van der Waals surface area contributed by atoms with Gasteiger partial charge in [-0.15, -0.1) is 0 Å². The van der Waals surface area contributed by atoms with Gasteiger partial charge in [0.05, 0.1) is 6.61 Å². The first kappa shape index (κ1) is 19.0. The number of ketones is 1. The number of ether oxygens (including phenoxy) is 1. The average molecular weight is 336 g/mol. The van der Waals surface area contributed by atoms with Gasteiger partial charge in [0.1, 0.15) is 5.75 Å². The lowest BCUT2D eigenvalue weighted by Gasteiger charge is -2.08. The second-order valence-electron chi connectivity index (χ2n) is 6.73. The summed E-state index contributed by atoms with van der Waals surface area (Å²) < 4.78 is 5.79. The van der Waals surface area contributed by atoms with Gasteiger partial charge < -0.3 is 4.74 Å². The van der Waals surface area contributed by atoms with Crippen LogP contribution in [0.3, 0.4) is 0 Å². The summed E-state index contributed by atoms with van der Waals surface area (Å²) in [5.41, 5.74) is 1.68. The van der Waals surface area contributed by atoms with Crippen molar-refractivity contribution in [3.05, 3.63) is 71.8 Å². The van der Waals surface area contributed by atoms with Crippen LogP contribution in [0.2, 0.25) is 0 Å². The molecule has 0 radical (unpaired) electrons. The molecule has 0 N–H and O–H groups in total. The molecule has 0 aromatic heterocycles. The third-order valence-corrected chi connectivity index (χ3v) is 4.04. The number of allylic oxidation sites excluding steroid dienone is 1. The third kappa shape index (κ3) is 7.38. The molecule has 0 aliphatic carbocycles. The summed E-state index contributed by atoms with van der Waals surface area (Å²) in [6.45, 7) is 5.21. The zero-order valence-electron chi connectivity index (χ0n) is 15.3. The van der Waals surface area contributed by atoms with Crippen molar-refractivity contribution >= 4 is 11.9 Å². The lowest BCUT2D eigenvalue weighted by atomic mass is 10.1. The largest absolute Gasteiger partial charge is 0.494 e. The molecular weight excluding hydrogens is 308 g/mol. The van der Waals surface area contributed by atoms with E-state index in [0.717, 1.165) is 23.7 Å². The third-order valence-electron chi connectivity index (χ3n) is 4.04. The quantitative estimate of drug-likeness (QED) is 0.294. The van der Waals surface area contributed by atoms with Crippen LogP contribution in [-0.4, -0.2) is 12.4 Å². The molecule has 0 aliphatic rings. The first-order valence-corrected chi connectivity index (χ1v) is 9.15. The molecule has 2 aromatic rings. The summed E-state index contributed by atoms with van der Waals surface area (Å²) in [4.78, 5) is 12.3. The Kier molecular flexibility index (Phi) is 7.97. The van der Waals surface area contributed by atoms with Crippen molar-refractivity contribution in [1.29, 1.82) is 0 Å². The standard InChI is InChI=1S/C23H28O2/c1-19(2)10-5-4-8-17-25-22-14-9-13-21(18-22)23(24)16-15-20-11-6-3-7-12-20/h3,6-7,9,11-16,18-19H,4-5,8,10,17H2,1-2H3. The zero-order chi connectivity index (χ0) is 17.9. The van der Waals surface area contributed by atoms with E-state index >= 15 is 0 Å². The maximum absolute atomic E-state index is 12.3. The highest BCUT2D eigenvalue weighted by molar-refractivity contribution is 6.07. The number of unbranched alkanes of at least 4 members (excludes halogenated alkanes) is 2. The minimum Gasteiger partial charge on any atom is -0.494 e. The molecule has 0 spiro atoms. The molecule has 2 nitrogen and oxygen atoms in total. The predicted octanol–water partition coefficient (Wildman–Crippen LogP) is 6.18. The van der Waals surface area contributed by atoms with Crippen LogP contribution in [0.1, 0.15) is 55.5 Å². The Morgan fingerprint density at radius 3 is 2.56 bits per heavy atom.